The summed E-state index contributed by atoms with van der Waals surface area (Å²) in [5.41, 5.74) is 8.74. The fourth-order valence-corrected chi connectivity index (χ4v) is 4.23. The minimum Gasteiger partial charge on any atom is -0.507 e. The number of aromatic hydroxyl groups is 1. The Morgan fingerprint density at radius 2 is 1.90 bits per heavy atom. The molecule has 9 nitrogen and oxygen atoms in total. The Balaban J connectivity index is 1.43. The summed E-state index contributed by atoms with van der Waals surface area (Å²) in [7, 11) is 0. The SMILES string of the molecule is Nc1nn(C2CCN(CCCCCC(=O)O)CC2)c2cc(-c3ccccc3O)nnc12. The molecule has 2 aromatic heterocycles. The molecule has 0 amide bonds. The molecule has 0 saturated carbocycles. The van der Waals surface area contributed by atoms with E-state index in [1.54, 1.807) is 12.1 Å². The van der Waals surface area contributed by atoms with Crippen molar-refractivity contribution in [3.63, 3.8) is 0 Å². The molecule has 0 atom stereocenters. The van der Waals surface area contributed by atoms with Gasteiger partial charge in [-0.3, -0.25) is 9.48 Å². The van der Waals surface area contributed by atoms with Gasteiger partial charge in [0.25, 0.3) is 0 Å². The molecule has 1 aliphatic rings. The van der Waals surface area contributed by atoms with Gasteiger partial charge in [0.2, 0.25) is 0 Å². The second kappa shape index (κ2) is 9.30. The van der Waals surface area contributed by atoms with Crippen LogP contribution in [0.5, 0.6) is 5.75 Å². The quantitative estimate of drug-likeness (QED) is 0.470. The van der Waals surface area contributed by atoms with E-state index in [1.165, 1.54) is 0 Å². The van der Waals surface area contributed by atoms with Crippen LogP contribution in [-0.2, 0) is 4.79 Å². The molecule has 3 heterocycles. The van der Waals surface area contributed by atoms with E-state index in [2.05, 4.69) is 20.2 Å². The lowest BCUT2D eigenvalue weighted by Crippen LogP contribution is -2.35. The van der Waals surface area contributed by atoms with Crippen LogP contribution in [0.1, 0.15) is 44.6 Å². The van der Waals surface area contributed by atoms with Crippen LogP contribution in [-0.4, -0.2) is 60.7 Å². The molecule has 31 heavy (non-hydrogen) atoms. The van der Waals surface area contributed by atoms with Crippen molar-refractivity contribution < 1.29 is 15.0 Å². The van der Waals surface area contributed by atoms with Gasteiger partial charge >= 0.3 is 5.97 Å². The third-order valence-corrected chi connectivity index (χ3v) is 5.93. The van der Waals surface area contributed by atoms with Crippen LogP contribution in [0.15, 0.2) is 30.3 Å². The number of phenols is 1. The maximum absolute atomic E-state index is 10.6. The van der Waals surface area contributed by atoms with Crippen molar-refractivity contribution in [1.29, 1.82) is 0 Å². The van der Waals surface area contributed by atoms with Crippen molar-refractivity contribution in [3.05, 3.63) is 30.3 Å². The molecule has 0 unspecified atom stereocenters. The van der Waals surface area contributed by atoms with Gasteiger partial charge in [-0.15, -0.1) is 10.2 Å². The second-order valence-corrected chi connectivity index (χ2v) is 8.09. The smallest absolute Gasteiger partial charge is 0.303 e. The molecule has 3 aromatic rings. The fraction of sp³-hybridized carbons (Fsp3) is 0.455. The number of carbonyl (C=O) groups is 1. The first-order chi connectivity index (χ1) is 15.0. The van der Waals surface area contributed by atoms with Crippen LogP contribution in [0, 0.1) is 0 Å². The van der Waals surface area contributed by atoms with E-state index >= 15 is 0 Å². The van der Waals surface area contributed by atoms with Crippen LogP contribution in [0.4, 0.5) is 5.82 Å². The number of fused-ring (bicyclic) bond motifs is 1. The number of carboxylic acids is 1. The summed E-state index contributed by atoms with van der Waals surface area (Å²) < 4.78 is 1.97. The molecular formula is C22H28N6O3. The largest absolute Gasteiger partial charge is 0.507 e. The minimum atomic E-state index is -0.720. The Hall–Kier alpha value is -3.20. The van der Waals surface area contributed by atoms with Gasteiger partial charge in [0.15, 0.2) is 11.3 Å². The number of carboxylic acid groups (broad SMARTS) is 1. The first kappa shape index (κ1) is 21.0. The van der Waals surface area contributed by atoms with Crippen LogP contribution >= 0.6 is 0 Å². The zero-order valence-electron chi connectivity index (χ0n) is 17.4. The van der Waals surface area contributed by atoms with Crippen molar-refractivity contribution in [2.24, 2.45) is 0 Å². The maximum atomic E-state index is 10.6. The molecule has 1 saturated heterocycles. The van der Waals surface area contributed by atoms with Crippen molar-refractivity contribution in [1.82, 2.24) is 24.9 Å². The fourth-order valence-electron chi connectivity index (χ4n) is 4.23. The van der Waals surface area contributed by atoms with Gasteiger partial charge in [0.1, 0.15) is 5.75 Å². The third-order valence-electron chi connectivity index (χ3n) is 5.93. The van der Waals surface area contributed by atoms with E-state index < -0.39 is 5.97 Å². The van der Waals surface area contributed by atoms with E-state index in [-0.39, 0.29) is 18.2 Å². The summed E-state index contributed by atoms with van der Waals surface area (Å²) >= 11 is 0. The van der Waals surface area contributed by atoms with Crippen molar-refractivity contribution in [2.75, 3.05) is 25.4 Å². The Morgan fingerprint density at radius 3 is 2.65 bits per heavy atom. The van der Waals surface area contributed by atoms with Crippen LogP contribution in [0.2, 0.25) is 0 Å². The molecule has 0 radical (unpaired) electrons. The molecule has 164 valence electrons. The summed E-state index contributed by atoms with van der Waals surface area (Å²) in [5.74, 6) is -0.194. The predicted molar refractivity (Wildman–Crippen MR) is 118 cm³/mol. The molecule has 1 aliphatic heterocycles. The molecule has 9 heteroatoms. The number of phenolic OH excluding ortho intramolecular Hbond substituents is 1. The number of hydrogen-bond acceptors (Lipinski definition) is 7. The highest BCUT2D eigenvalue weighted by Crippen LogP contribution is 2.32. The molecule has 0 aliphatic carbocycles. The second-order valence-electron chi connectivity index (χ2n) is 8.09. The lowest BCUT2D eigenvalue weighted by atomic mass is 10.0. The minimum absolute atomic E-state index is 0.159. The van der Waals surface area contributed by atoms with Crippen LogP contribution < -0.4 is 5.73 Å². The zero-order chi connectivity index (χ0) is 21.8. The van der Waals surface area contributed by atoms with Gasteiger partial charge in [-0.2, -0.15) is 5.10 Å². The average Bonchev–Trinajstić information content (AvgIpc) is 3.10. The number of unbranched alkanes of at least 4 members (excludes halogenated alkanes) is 2. The molecule has 0 spiro atoms. The van der Waals surface area contributed by atoms with E-state index in [9.17, 15) is 9.90 Å². The highest BCUT2D eigenvalue weighted by atomic mass is 16.4. The van der Waals surface area contributed by atoms with Gasteiger partial charge in [0.05, 0.1) is 17.3 Å². The van der Waals surface area contributed by atoms with Gasteiger partial charge in [-0.1, -0.05) is 18.6 Å². The molecule has 1 aromatic carbocycles. The molecule has 4 rings (SSSR count). The number of piperidine rings is 1. The van der Waals surface area contributed by atoms with E-state index in [1.807, 2.05) is 22.9 Å². The molecular weight excluding hydrogens is 396 g/mol. The number of aliphatic carboxylic acids is 1. The molecule has 0 bridgehead atoms. The number of nitrogen functional groups attached to an aromatic ring is 1. The summed E-state index contributed by atoms with van der Waals surface area (Å²) in [4.78, 5) is 13.0. The number of likely N-dealkylation sites (tertiary alicyclic amines) is 1. The summed E-state index contributed by atoms with van der Waals surface area (Å²) in [5, 5.41) is 32.0. The van der Waals surface area contributed by atoms with Crippen molar-refractivity contribution >= 4 is 22.8 Å². The molecule has 1 fully saturated rings. The molecule has 4 N–H and O–H groups in total. The standard InChI is InChI=1S/C22H28N6O3/c23-22-21-18(14-17(24-25-21)16-6-3-4-7-19(16)29)28(26-22)15-9-12-27(13-10-15)11-5-1-2-8-20(30)31/h3-4,6-7,14-15,29H,1-2,5,8-13H2,(H2,23,26)(H,30,31). The van der Waals surface area contributed by atoms with Crippen molar-refractivity contribution in [2.45, 2.75) is 44.6 Å². The zero-order valence-corrected chi connectivity index (χ0v) is 17.4. The number of benzene rings is 1. The normalized spacial score (nSPS) is 15.5. The number of aromatic nitrogens is 4. The summed E-state index contributed by atoms with van der Waals surface area (Å²) in [6, 6.07) is 9.19. The number of nitrogens with two attached hydrogens (primary N) is 1. The van der Waals surface area contributed by atoms with Crippen LogP contribution in [0.25, 0.3) is 22.3 Å². The summed E-state index contributed by atoms with van der Waals surface area (Å²) in [6.45, 7) is 2.93. The number of rotatable bonds is 8. The maximum Gasteiger partial charge on any atom is 0.303 e. The average molecular weight is 425 g/mol. The summed E-state index contributed by atoms with van der Waals surface area (Å²) in [6.07, 6.45) is 4.88. The van der Waals surface area contributed by atoms with Crippen LogP contribution in [0.3, 0.4) is 0 Å². The lowest BCUT2D eigenvalue weighted by molar-refractivity contribution is -0.137. The van der Waals surface area contributed by atoms with Gasteiger partial charge in [-0.05, 0) is 50.4 Å². The number of para-hydroxylation sites is 1. The first-order valence-corrected chi connectivity index (χ1v) is 10.8. The number of hydrogen-bond donors (Lipinski definition) is 3. The Kier molecular flexibility index (Phi) is 6.31. The van der Waals surface area contributed by atoms with E-state index in [4.69, 9.17) is 10.8 Å². The lowest BCUT2D eigenvalue weighted by Gasteiger charge is -2.32. The highest BCUT2D eigenvalue weighted by Gasteiger charge is 2.24. The monoisotopic (exact) mass is 424 g/mol. The Labute approximate surface area is 180 Å². The predicted octanol–water partition coefficient (Wildman–Crippen LogP) is 3.06. The van der Waals surface area contributed by atoms with E-state index in [0.29, 0.717) is 22.6 Å². The first-order valence-electron chi connectivity index (χ1n) is 10.8. The Bertz CT molecular complexity index is 1060. The highest BCUT2D eigenvalue weighted by molar-refractivity contribution is 5.87. The third kappa shape index (κ3) is 4.77. The topological polar surface area (TPSA) is 130 Å². The number of anilines is 1. The van der Waals surface area contributed by atoms with Gasteiger partial charge in [0, 0.05) is 25.1 Å². The van der Waals surface area contributed by atoms with Crippen molar-refractivity contribution in [3.8, 4) is 17.0 Å². The van der Waals surface area contributed by atoms with Gasteiger partial charge in [-0.25, -0.2) is 0 Å². The Morgan fingerprint density at radius 1 is 1.13 bits per heavy atom. The van der Waals surface area contributed by atoms with Gasteiger partial charge < -0.3 is 20.8 Å². The number of nitrogens with zero attached hydrogens (tertiary/aromatic N) is 5. The van der Waals surface area contributed by atoms with E-state index in [0.717, 1.165) is 57.3 Å².